The Hall–Kier alpha value is -3.77. The van der Waals surface area contributed by atoms with Gasteiger partial charge < -0.3 is 4.98 Å². The summed E-state index contributed by atoms with van der Waals surface area (Å²) in [5.74, 6) is -2.18. The molecule has 3 aromatic heterocycles. The molecule has 1 aliphatic rings. The third-order valence-corrected chi connectivity index (χ3v) is 7.71. The zero-order valence-corrected chi connectivity index (χ0v) is 20.9. The van der Waals surface area contributed by atoms with Crippen LogP contribution < -0.4 is 4.72 Å². The van der Waals surface area contributed by atoms with E-state index in [0.29, 0.717) is 34.5 Å². The molecule has 1 aromatic carbocycles. The highest BCUT2D eigenvalue weighted by Gasteiger charge is 2.28. The van der Waals surface area contributed by atoms with Crippen molar-refractivity contribution >= 4 is 32.7 Å². The van der Waals surface area contributed by atoms with Gasteiger partial charge in [0.2, 0.25) is 5.78 Å². The molecule has 3 heterocycles. The number of H-pyrrole nitrogens is 1. The van der Waals surface area contributed by atoms with Crippen molar-refractivity contribution < 1.29 is 22.0 Å². The Morgan fingerprint density at radius 3 is 2.51 bits per heavy atom. The van der Waals surface area contributed by atoms with Crippen LogP contribution in [0.1, 0.15) is 53.8 Å². The van der Waals surface area contributed by atoms with Gasteiger partial charge in [-0.1, -0.05) is 6.92 Å². The Balaban J connectivity index is 1.50. The van der Waals surface area contributed by atoms with Crippen LogP contribution in [0.25, 0.3) is 22.2 Å². The summed E-state index contributed by atoms with van der Waals surface area (Å²) in [6.45, 7) is 1.99. The van der Waals surface area contributed by atoms with Gasteiger partial charge in [0.25, 0.3) is 0 Å². The molecule has 0 atom stereocenters. The van der Waals surface area contributed by atoms with E-state index in [1.165, 1.54) is 13.2 Å². The first-order chi connectivity index (χ1) is 17.7. The van der Waals surface area contributed by atoms with Gasteiger partial charge in [0, 0.05) is 66.4 Å². The maximum absolute atomic E-state index is 15.4. The molecule has 0 bridgehead atoms. The molecule has 12 heteroatoms. The number of ketones is 1. The smallest absolute Gasteiger partial charge is 0.301 e. The molecule has 0 aliphatic heterocycles. The molecule has 0 spiro atoms. The summed E-state index contributed by atoms with van der Waals surface area (Å²) in [7, 11) is -2.77. The van der Waals surface area contributed by atoms with E-state index in [1.54, 1.807) is 31.6 Å². The topological polar surface area (TPSA) is 121 Å². The number of carbonyl (C=O) groups excluding carboxylic acids is 1. The summed E-state index contributed by atoms with van der Waals surface area (Å²) >= 11 is 0. The van der Waals surface area contributed by atoms with Gasteiger partial charge in [-0.2, -0.15) is 12.7 Å². The van der Waals surface area contributed by atoms with Crippen LogP contribution in [-0.4, -0.2) is 52.0 Å². The lowest BCUT2D eigenvalue weighted by atomic mass is 10.0. The van der Waals surface area contributed by atoms with Crippen molar-refractivity contribution in [2.45, 2.75) is 32.1 Å². The van der Waals surface area contributed by atoms with Crippen molar-refractivity contribution in [3.63, 3.8) is 0 Å². The molecule has 1 saturated carbocycles. The number of anilines is 1. The Morgan fingerprint density at radius 1 is 1.14 bits per heavy atom. The molecular weight excluding hydrogens is 502 g/mol. The van der Waals surface area contributed by atoms with E-state index in [-0.39, 0.29) is 12.1 Å². The zero-order chi connectivity index (χ0) is 26.3. The molecule has 4 aromatic rings. The molecule has 1 aliphatic carbocycles. The summed E-state index contributed by atoms with van der Waals surface area (Å²) in [6, 6.07) is 3.47. The molecule has 0 saturated heterocycles. The quantitative estimate of drug-likeness (QED) is 0.312. The van der Waals surface area contributed by atoms with E-state index < -0.39 is 38.9 Å². The Morgan fingerprint density at radius 2 is 1.84 bits per heavy atom. The van der Waals surface area contributed by atoms with Crippen LogP contribution in [0.15, 0.2) is 43.0 Å². The number of benzene rings is 1. The number of pyridine rings is 1. The molecular formula is C25H24F2N6O3S. The molecule has 0 amide bonds. The second-order valence-electron chi connectivity index (χ2n) is 8.97. The lowest BCUT2D eigenvalue weighted by Gasteiger charge is -2.18. The Kier molecular flexibility index (Phi) is 6.46. The van der Waals surface area contributed by atoms with Gasteiger partial charge in [0.15, 0.2) is 5.82 Å². The fraction of sp³-hybridized carbons (Fsp3) is 0.280. The second kappa shape index (κ2) is 9.60. The van der Waals surface area contributed by atoms with Gasteiger partial charge in [-0.25, -0.2) is 23.7 Å². The zero-order valence-electron chi connectivity index (χ0n) is 20.1. The van der Waals surface area contributed by atoms with Crippen LogP contribution in [0.2, 0.25) is 0 Å². The van der Waals surface area contributed by atoms with E-state index in [0.717, 1.165) is 35.1 Å². The van der Waals surface area contributed by atoms with E-state index in [9.17, 15) is 17.6 Å². The molecule has 0 unspecified atom stereocenters. The summed E-state index contributed by atoms with van der Waals surface area (Å²) < 4.78 is 58.2. The molecule has 2 N–H and O–H groups in total. The van der Waals surface area contributed by atoms with Crippen LogP contribution in [0.3, 0.4) is 0 Å². The number of hydrogen-bond acceptors (Lipinski definition) is 6. The van der Waals surface area contributed by atoms with Gasteiger partial charge >= 0.3 is 10.2 Å². The number of rotatable bonds is 9. The van der Waals surface area contributed by atoms with Crippen LogP contribution in [-0.2, 0) is 10.2 Å². The monoisotopic (exact) mass is 526 g/mol. The van der Waals surface area contributed by atoms with Gasteiger partial charge in [0.1, 0.15) is 17.3 Å². The largest absolute Gasteiger partial charge is 0.345 e. The SMILES string of the molecule is CCCN(C)S(=O)(=O)Nc1ccc(F)c(C(=O)c2c[nH]c3ncc(-c4cnc(C5CC5)nc4)cc23)c1F. The van der Waals surface area contributed by atoms with Gasteiger partial charge in [-0.3, -0.25) is 9.52 Å². The first kappa shape index (κ1) is 24.9. The number of fused-ring (bicyclic) bond motifs is 1. The molecule has 9 nitrogen and oxygen atoms in total. The number of nitrogens with one attached hydrogen (secondary N) is 2. The average molecular weight is 527 g/mol. The minimum Gasteiger partial charge on any atom is -0.345 e. The summed E-state index contributed by atoms with van der Waals surface area (Å²) in [5.41, 5.74) is 0.247. The third kappa shape index (κ3) is 4.81. The molecule has 1 fully saturated rings. The maximum atomic E-state index is 15.4. The Bertz CT molecular complexity index is 1600. The average Bonchev–Trinajstić information content (AvgIpc) is 3.64. The maximum Gasteiger partial charge on any atom is 0.301 e. The minimum absolute atomic E-state index is 0.0132. The number of hydrogen-bond donors (Lipinski definition) is 2. The highest BCUT2D eigenvalue weighted by Crippen LogP contribution is 2.38. The standard InChI is InChI=1S/C25H24F2N6O3S/c1-3-8-33(2)37(35,36)32-20-7-6-19(26)21(22(20)27)23(34)18-13-31-25-17(18)9-15(10-30-25)16-11-28-24(29-12-16)14-4-5-14/h6-7,9-14,32H,3-5,8H2,1-2H3,(H,30,31). The van der Waals surface area contributed by atoms with Crippen molar-refractivity contribution in [3.05, 3.63) is 71.6 Å². The number of aromatic amines is 1. The lowest BCUT2D eigenvalue weighted by Crippen LogP contribution is -2.33. The number of aromatic nitrogens is 4. The molecule has 192 valence electrons. The van der Waals surface area contributed by atoms with E-state index >= 15 is 4.39 Å². The number of nitrogens with zero attached hydrogens (tertiary/aromatic N) is 4. The number of halogens is 2. The van der Waals surface area contributed by atoms with Crippen LogP contribution in [0, 0.1) is 11.6 Å². The highest BCUT2D eigenvalue weighted by atomic mass is 32.2. The van der Waals surface area contributed by atoms with E-state index in [2.05, 4.69) is 24.7 Å². The lowest BCUT2D eigenvalue weighted by molar-refractivity contribution is 0.103. The van der Waals surface area contributed by atoms with Crippen LogP contribution in [0.5, 0.6) is 0 Å². The van der Waals surface area contributed by atoms with Crippen molar-refractivity contribution in [2.24, 2.45) is 0 Å². The first-order valence-electron chi connectivity index (χ1n) is 11.8. The van der Waals surface area contributed by atoms with Crippen molar-refractivity contribution in [2.75, 3.05) is 18.3 Å². The highest BCUT2D eigenvalue weighted by molar-refractivity contribution is 7.90. The second-order valence-corrected chi connectivity index (χ2v) is 10.7. The third-order valence-electron chi connectivity index (χ3n) is 6.23. The minimum atomic E-state index is -4.10. The van der Waals surface area contributed by atoms with Crippen molar-refractivity contribution in [3.8, 4) is 11.1 Å². The van der Waals surface area contributed by atoms with Gasteiger partial charge in [-0.05, 0) is 37.5 Å². The molecule has 0 radical (unpaired) electrons. The van der Waals surface area contributed by atoms with Gasteiger partial charge in [-0.15, -0.1) is 0 Å². The predicted octanol–water partition coefficient (Wildman–Crippen LogP) is 4.41. The Labute approximate surface area is 212 Å². The van der Waals surface area contributed by atoms with Crippen molar-refractivity contribution in [1.29, 1.82) is 0 Å². The van der Waals surface area contributed by atoms with E-state index in [4.69, 9.17) is 0 Å². The van der Waals surface area contributed by atoms with Crippen LogP contribution in [0.4, 0.5) is 14.5 Å². The summed E-state index contributed by atoms with van der Waals surface area (Å²) in [4.78, 5) is 29.3. The summed E-state index contributed by atoms with van der Waals surface area (Å²) in [6.07, 6.45) is 8.97. The number of carbonyl (C=O) groups is 1. The van der Waals surface area contributed by atoms with E-state index in [1.807, 2.05) is 0 Å². The molecule has 37 heavy (non-hydrogen) atoms. The normalized spacial score (nSPS) is 13.9. The van der Waals surface area contributed by atoms with Crippen LogP contribution >= 0.6 is 0 Å². The fourth-order valence-electron chi connectivity index (χ4n) is 4.01. The first-order valence-corrected chi connectivity index (χ1v) is 13.2. The van der Waals surface area contributed by atoms with Gasteiger partial charge in [0.05, 0.1) is 11.3 Å². The molecule has 5 rings (SSSR count). The van der Waals surface area contributed by atoms with Crippen molar-refractivity contribution in [1.82, 2.24) is 24.2 Å². The predicted molar refractivity (Wildman–Crippen MR) is 134 cm³/mol. The fourth-order valence-corrected chi connectivity index (χ4v) is 5.03. The summed E-state index contributed by atoms with van der Waals surface area (Å²) in [5, 5.41) is 0.348.